The maximum atomic E-state index is 13.8. The van der Waals surface area contributed by atoms with Crippen molar-refractivity contribution in [3.05, 3.63) is 47.8 Å². The maximum absolute atomic E-state index is 13.8. The van der Waals surface area contributed by atoms with Gasteiger partial charge in [0.05, 0.1) is 12.3 Å². The van der Waals surface area contributed by atoms with E-state index in [0.29, 0.717) is 6.61 Å². The minimum atomic E-state index is -0.529. The van der Waals surface area contributed by atoms with Crippen molar-refractivity contribution in [3.8, 4) is 0 Å². The van der Waals surface area contributed by atoms with E-state index in [2.05, 4.69) is 37.1 Å². The molecule has 0 fully saturated rings. The summed E-state index contributed by atoms with van der Waals surface area (Å²) in [7, 11) is 0. The normalized spacial score (nSPS) is 18.0. The van der Waals surface area contributed by atoms with Crippen LogP contribution in [0.5, 0.6) is 0 Å². The SMILES string of the molecule is CCCCC1(CC)CSc2cc(COCC(=O)OC(C)(C)C)c(SC)cc2N(c2ccc(F)cc2)C1. The zero-order valence-electron chi connectivity index (χ0n) is 22.5. The molecule has 198 valence electrons. The first-order chi connectivity index (χ1) is 17.1. The van der Waals surface area contributed by atoms with Gasteiger partial charge in [-0.25, -0.2) is 9.18 Å². The van der Waals surface area contributed by atoms with Gasteiger partial charge in [0.2, 0.25) is 0 Å². The number of carbonyl (C=O) groups is 1. The largest absolute Gasteiger partial charge is 0.458 e. The molecule has 2 aromatic carbocycles. The van der Waals surface area contributed by atoms with Gasteiger partial charge in [-0.1, -0.05) is 26.7 Å². The van der Waals surface area contributed by atoms with Gasteiger partial charge in [-0.15, -0.1) is 23.5 Å². The predicted octanol–water partition coefficient (Wildman–Crippen LogP) is 8.24. The van der Waals surface area contributed by atoms with E-state index in [1.807, 2.05) is 44.7 Å². The van der Waals surface area contributed by atoms with Gasteiger partial charge in [-0.2, -0.15) is 0 Å². The summed E-state index contributed by atoms with van der Waals surface area (Å²) in [6.07, 6.45) is 6.68. The van der Waals surface area contributed by atoms with E-state index in [1.54, 1.807) is 23.9 Å². The van der Waals surface area contributed by atoms with Crippen LogP contribution in [0.25, 0.3) is 0 Å². The molecule has 0 saturated heterocycles. The Morgan fingerprint density at radius 3 is 2.53 bits per heavy atom. The van der Waals surface area contributed by atoms with Crippen LogP contribution >= 0.6 is 23.5 Å². The van der Waals surface area contributed by atoms with Crippen LogP contribution in [0.3, 0.4) is 0 Å². The number of ether oxygens (including phenoxy) is 2. The van der Waals surface area contributed by atoms with Crippen LogP contribution in [-0.2, 0) is 20.9 Å². The highest BCUT2D eigenvalue weighted by Gasteiger charge is 2.35. The molecule has 7 heteroatoms. The number of anilines is 2. The van der Waals surface area contributed by atoms with Gasteiger partial charge in [0.15, 0.2) is 0 Å². The van der Waals surface area contributed by atoms with Crippen molar-refractivity contribution in [1.82, 2.24) is 0 Å². The number of nitrogens with zero attached hydrogens (tertiary/aromatic N) is 1. The molecule has 2 aromatic rings. The summed E-state index contributed by atoms with van der Waals surface area (Å²) in [5, 5.41) is 0. The fraction of sp³-hybridized carbons (Fsp3) is 0.552. The van der Waals surface area contributed by atoms with Crippen LogP contribution < -0.4 is 4.90 Å². The van der Waals surface area contributed by atoms with E-state index in [1.165, 1.54) is 24.2 Å². The average Bonchev–Trinajstić information content (AvgIpc) is 2.99. The molecule has 0 N–H and O–H groups in total. The second-order valence-corrected chi connectivity index (χ2v) is 12.4. The molecule has 0 spiro atoms. The zero-order chi connectivity index (χ0) is 26.3. The lowest BCUT2D eigenvalue weighted by atomic mass is 9.81. The lowest BCUT2D eigenvalue weighted by molar-refractivity contribution is -0.160. The van der Waals surface area contributed by atoms with Crippen molar-refractivity contribution >= 4 is 40.9 Å². The molecule has 0 amide bonds. The number of unbranched alkanes of at least 4 members (excludes halogenated alkanes) is 1. The fourth-order valence-electron chi connectivity index (χ4n) is 4.48. The van der Waals surface area contributed by atoms with Crippen LogP contribution in [0.2, 0.25) is 0 Å². The molecule has 0 radical (unpaired) electrons. The highest BCUT2D eigenvalue weighted by atomic mass is 32.2. The fourth-order valence-corrected chi connectivity index (χ4v) is 6.53. The molecule has 36 heavy (non-hydrogen) atoms. The Hall–Kier alpha value is -1.70. The number of thioether (sulfide) groups is 2. The molecule has 0 saturated carbocycles. The molecule has 1 unspecified atom stereocenters. The van der Waals surface area contributed by atoms with Crippen molar-refractivity contribution < 1.29 is 18.7 Å². The Labute approximate surface area is 224 Å². The Morgan fingerprint density at radius 1 is 1.19 bits per heavy atom. The molecule has 0 bridgehead atoms. The van der Waals surface area contributed by atoms with Gasteiger partial charge in [-0.3, -0.25) is 0 Å². The van der Waals surface area contributed by atoms with E-state index >= 15 is 0 Å². The average molecular weight is 534 g/mol. The van der Waals surface area contributed by atoms with Gasteiger partial charge >= 0.3 is 5.97 Å². The number of halogens is 1. The standard InChI is InChI=1S/C29H40FNO3S2/c1-7-9-14-29(8-2)19-31(23-12-10-22(30)11-13-23)24-16-25(35-6)21(15-26(24)36-20-29)17-33-18-27(32)34-28(3,4)5/h10-13,15-16H,7-9,14,17-20H2,1-6H3. The smallest absolute Gasteiger partial charge is 0.332 e. The minimum absolute atomic E-state index is 0.0764. The predicted molar refractivity (Wildman–Crippen MR) is 150 cm³/mol. The molecule has 1 heterocycles. The topological polar surface area (TPSA) is 38.8 Å². The third-order valence-corrected chi connectivity index (χ3v) is 8.74. The Bertz CT molecular complexity index is 1020. The Balaban J connectivity index is 1.93. The molecule has 3 rings (SSSR count). The van der Waals surface area contributed by atoms with Crippen LogP contribution in [0.1, 0.15) is 65.9 Å². The molecule has 0 aromatic heterocycles. The molecular weight excluding hydrogens is 493 g/mol. The van der Waals surface area contributed by atoms with Gasteiger partial charge in [0.1, 0.15) is 18.0 Å². The Morgan fingerprint density at radius 2 is 1.92 bits per heavy atom. The number of carbonyl (C=O) groups excluding carboxylic acids is 1. The number of hydrogen-bond donors (Lipinski definition) is 0. The van der Waals surface area contributed by atoms with Crippen molar-refractivity contribution in [2.75, 3.05) is 30.1 Å². The minimum Gasteiger partial charge on any atom is -0.458 e. The highest BCUT2D eigenvalue weighted by Crippen LogP contribution is 2.48. The summed E-state index contributed by atoms with van der Waals surface area (Å²) < 4.78 is 24.9. The first kappa shape index (κ1) is 28.9. The number of hydrogen-bond acceptors (Lipinski definition) is 6. The maximum Gasteiger partial charge on any atom is 0.332 e. The van der Waals surface area contributed by atoms with E-state index in [-0.39, 0.29) is 23.8 Å². The lowest BCUT2D eigenvalue weighted by Gasteiger charge is -2.37. The third-order valence-electron chi connectivity index (χ3n) is 6.53. The zero-order valence-corrected chi connectivity index (χ0v) is 24.1. The van der Waals surface area contributed by atoms with Crippen molar-refractivity contribution in [3.63, 3.8) is 0 Å². The lowest BCUT2D eigenvalue weighted by Crippen LogP contribution is -2.36. The highest BCUT2D eigenvalue weighted by molar-refractivity contribution is 7.99. The van der Waals surface area contributed by atoms with E-state index in [0.717, 1.165) is 40.6 Å². The summed E-state index contributed by atoms with van der Waals surface area (Å²) >= 11 is 3.57. The van der Waals surface area contributed by atoms with Crippen molar-refractivity contribution in [2.45, 2.75) is 82.3 Å². The summed E-state index contributed by atoms with van der Waals surface area (Å²) in [5.74, 6) is 0.451. The van der Waals surface area contributed by atoms with Gasteiger partial charge in [-0.05, 0) is 87.2 Å². The van der Waals surface area contributed by atoms with E-state index < -0.39 is 5.60 Å². The molecule has 1 aliphatic heterocycles. The van der Waals surface area contributed by atoms with E-state index in [9.17, 15) is 9.18 Å². The van der Waals surface area contributed by atoms with Gasteiger partial charge < -0.3 is 14.4 Å². The van der Waals surface area contributed by atoms with Crippen LogP contribution in [0.4, 0.5) is 15.8 Å². The van der Waals surface area contributed by atoms with Crippen LogP contribution in [-0.4, -0.2) is 36.7 Å². The summed E-state index contributed by atoms with van der Waals surface area (Å²) in [5.41, 5.74) is 2.86. The number of esters is 1. The molecule has 1 atom stereocenters. The Kier molecular flexibility index (Phi) is 10.2. The second kappa shape index (κ2) is 12.7. The summed E-state index contributed by atoms with van der Waals surface area (Å²) in [4.78, 5) is 16.8. The molecular formula is C29H40FNO3S2. The third kappa shape index (κ3) is 7.65. The van der Waals surface area contributed by atoms with Crippen LogP contribution in [0, 0.1) is 11.2 Å². The quantitative estimate of drug-likeness (QED) is 0.226. The van der Waals surface area contributed by atoms with Crippen molar-refractivity contribution in [1.29, 1.82) is 0 Å². The monoisotopic (exact) mass is 533 g/mol. The summed E-state index contributed by atoms with van der Waals surface area (Å²) in [6, 6.07) is 11.3. The van der Waals surface area contributed by atoms with Gasteiger partial charge in [0, 0.05) is 27.8 Å². The van der Waals surface area contributed by atoms with Crippen LogP contribution in [0.15, 0.2) is 46.2 Å². The second-order valence-electron chi connectivity index (χ2n) is 10.5. The first-order valence-electron chi connectivity index (χ1n) is 12.8. The van der Waals surface area contributed by atoms with E-state index in [4.69, 9.17) is 9.47 Å². The first-order valence-corrected chi connectivity index (χ1v) is 15.0. The molecule has 0 aliphatic carbocycles. The van der Waals surface area contributed by atoms with Gasteiger partial charge in [0.25, 0.3) is 0 Å². The number of fused-ring (bicyclic) bond motifs is 1. The molecule has 1 aliphatic rings. The number of rotatable bonds is 10. The molecule has 4 nitrogen and oxygen atoms in total. The number of benzene rings is 2. The van der Waals surface area contributed by atoms with Crippen molar-refractivity contribution in [2.24, 2.45) is 5.41 Å². The summed E-state index contributed by atoms with van der Waals surface area (Å²) in [6.45, 7) is 11.3.